The van der Waals surface area contributed by atoms with E-state index in [1.165, 1.54) is 6.92 Å². The third kappa shape index (κ3) is 4.02. The van der Waals surface area contributed by atoms with E-state index in [2.05, 4.69) is 10.6 Å². The first-order chi connectivity index (χ1) is 9.86. The highest BCUT2D eigenvalue weighted by Crippen LogP contribution is 2.25. The van der Waals surface area contributed by atoms with E-state index in [1.807, 2.05) is 13.0 Å². The Morgan fingerprint density at radius 1 is 1.29 bits per heavy atom. The SMILES string of the molecule is CC(=O)NC1CN(C(=O)NC(C)c2ccc(Cl)c(Cl)c2)C1. The van der Waals surface area contributed by atoms with Gasteiger partial charge in [0, 0.05) is 20.0 Å². The van der Waals surface area contributed by atoms with E-state index in [0.717, 1.165) is 5.56 Å². The largest absolute Gasteiger partial charge is 0.350 e. The number of benzene rings is 1. The molecule has 3 amide bonds. The van der Waals surface area contributed by atoms with Gasteiger partial charge in [0.1, 0.15) is 0 Å². The van der Waals surface area contributed by atoms with Crippen molar-refractivity contribution in [2.45, 2.75) is 25.9 Å². The standard InChI is InChI=1S/C14H17Cl2N3O2/c1-8(10-3-4-12(15)13(16)5-10)17-14(21)19-6-11(7-19)18-9(2)20/h3-5,8,11H,6-7H2,1-2H3,(H,17,21)(H,18,20). The number of hydrogen-bond donors (Lipinski definition) is 2. The van der Waals surface area contributed by atoms with Crippen LogP contribution in [0.5, 0.6) is 0 Å². The fourth-order valence-electron chi connectivity index (χ4n) is 2.16. The summed E-state index contributed by atoms with van der Waals surface area (Å²) in [6.07, 6.45) is 0. The van der Waals surface area contributed by atoms with Crippen LogP contribution in [0.2, 0.25) is 10.0 Å². The molecule has 5 nitrogen and oxygen atoms in total. The van der Waals surface area contributed by atoms with Crippen LogP contribution < -0.4 is 10.6 Å². The van der Waals surface area contributed by atoms with Gasteiger partial charge < -0.3 is 15.5 Å². The molecule has 1 fully saturated rings. The molecule has 1 aromatic rings. The number of rotatable bonds is 3. The normalized spacial score (nSPS) is 16.1. The quantitative estimate of drug-likeness (QED) is 0.895. The van der Waals surface area contributed by atoms with E-state index in [0.29, 0.717) is 23.1 Å². The highest BCUT2D eigenvalue weighted by atomic mass is 35.5. The van der Waals surface area contributed by atoms with Crippen LogP contribution >= 0.6 is 23.2 Å². The minimum Gasteiger partial charge on any atom is -0.350 e. The van der Waals surface area contributed by atoms with E-state index in [-0.39, 0.29) is 24.0 Å². The highest BCUT2D eigenvalue weighted by Gasteiger charge is 2.31. The average molecular weight is 330 g/mol. The lowest BCUT2D eigenvalue weighted by molar-refractivity contribution is -0.120. The molecule has 0 aromatic heterocycles. The van der Waals surface area contributed by atoms with Crippen molar-refractivity contribution in [3.8, 4) is 0 Å². The number of carbonyl (C=O) groups is 2. The number of likely N-dealkylation sites (tertiary alicyclic amines) is 1. The fraction of sp³-hybridized carbons (Fsp3) is 0.429. The summed E-state index contributed by atoms with van der Waals surface area (Å²) >= 11 is 11.8. The third-order valence-electron chi connectivity index (χ3n) is 3.36. The van der Waals surface area contributed by atoms with Gasteiger partial charge in [0.15, 0.2) is 0 Å². The van der Waals surface area contributed by atoms with Crippen LogP contribution in [0.25, 0.3) is 0 Å². The van der Waals surface area contributed by atoms with Gasteiger partial charge in [-0.25, -0.2) is 4.79 Å². The lowest BCUT2D eigenvalue weighted by Crippen LogP contribution is -2.62. The summed E-state index contributed by atoms with van der Waals surface area (Å²) in [6.45, 7) is 4.40. The summed E-state index contributed by atoms with van der Waals surface area (Å²) in [4.78, 5) is 24.6. The first-order valence-electron chi connectivity index (χ1n) is 6.64. The van der Waals surface area contributed by atoms with Crippen molar-refractivity contribution in [3.63, 3.8) is 0 Å². The van der Waals surface area contributed by atoms with E-state index >= 15 is 0 Å². The lowest BCUT2D eigenvalue weighted by atomic mass is 10.1. The molecule has 0 radical (unpaired) electrons. The van der Waals surface area contributed by atoms with Gasteiger partial charge in [-0.05, 0) is 24.6 Å². The van der Waals surface area contributed by atoms with E-state index in [9.17, 15) is 9.59 Å². The molecule has 114 valence electrons. The Morgan fingerprint density at radius 2 is 1.95 bits per heavy atom. The third-order valence-corrected chi connectivity index (χ3v) is 4.10. The smallest absolute Gasteiger partial charge is 0.318 e. The van der Waals surface area contributed by atoms with Crippen molar-refractivity contribution in [3.05, 3.63) is 33.8 Å². The molecule has 1 heterocycles. The van der Waals surface area contributed by atoms with Gasteiger partial charge in [-0.3, -0.25) is 4.79 Å². The Kier molecular flexibility index (Phi) is 4.96. The fourth-order valence-corrected chi connectivity index (χ4v) is 2.47. The van der Waals surface area contributed by atoms with Crippen LogP contribution in [-0.2, 0) is 4.79 Å². The van der Waals surface area contributed by atoms with Crippen molar-refractivity contribution in [2.75, 3.05) is 13.1 Å². The predicted octanol–water partition coefficient (Wildman–Crippen LogP) is 2.58. The molecule has 1 aliphatic heterocycles. The van der Waals surface area contributed by atoms with Crippen molar-refractivity contribution < 1.29 is 9.59 Å². The molecule has 0 spiro atoms. The number of urea groups is 1. The van der Waals surface area contributed by atoms with Crippen molar-refractivity contribution in [1.82, 2.24) is 15.5 Å². The summed E-state index contributed by atoms with van der Waals surface area (Å²) in [7, 11) is 0. The Hall–Kier alpha value is -1.46. The molecule has 0 bridgehead atoms. The highest BCUT2D eigenvalue weighted by molar-refractivity contribution is 6.42. The van der Waals surface area contributed by atoms with Crippen LogP contribution in [0.3, 0.4) is 0 Å². The van der Waals surface area contributed by atoms with Crippen LogP contribution in [0.1, 0.15) is 25.5 Å². The minimum absolute atomic E-state index is 0.0496. The summed E-state index contributed by atoms with van der Waals surface area (Å²) in [5.41, 5.74) is 0.886. The molecule has 1 unspecified atom stereocenters. The maximum absolute atomic E-state index is 12.0. The molecule has 1 saturated heterocycles. The summed E-state index contributed by atoms with van der Waals surface area (Å²) in [5.74, 6) is -0.0794. The molecule has 0 saturated carbocycles. The first kappa shape index (κ1) is 15.9. The Bertz CT molecular complexity index is 559. The summed E-state index contributed by atoms with van der Waals surface area (Å²) in [6, 6.07) is 4.99. The number of hydrogen-bond acceptors (Lipinski definition) is 2. The Morgan fingerprint density at radius 3 is 2.52 bits per heavy atom. The van der Waals surface area contributed by atoms with Gasteiger partial charge in [0.2, 0.25) is 5.91 Å². The number of amides is 3. The molecule has 2 rings (SSSR count). The number of nitrogens with one attached hydrogen (secondary N) is 2. The van der Waals surface area contributed by atoms with E-state index < -0.39 is 0 Å². The monoisotopic (exact) mass is 329 g/mol. The molecule has 21 heavy (non-hydrogen) atoms. The molecular formula is C14H17Cl2N3O2. The van der Waals surface area contributed by atoms with Crippen LogP contribution in [0.15, 0.2) is 18.2 Å². The molecule has 2 N–H and O–H groups in total. The van der Waals surface area contributed by atoms with Crippen LogP contribution in [-0.4, -0.2) is 36.0 Å². The second-order valence-corrected chi connectivity index (χ2v) is 5.96. The Balaban J connectivity index is 1.85. The molecular weight excluding hydrogens is 313 g/mol. The molecule has 1 aliphatic rings. The van der Waals surface area contributed by atoms with Gasteiger partial charge in [-0.15, -0.1) is 0 Å². The summed E-state index contributed by atoms with van der Waals surface area (Å²) < 4.78 is 0. The maximum atomic E-state index is 12.0. The van der Waals surface area contributed by atoms with Crippen molar-refractivity contribution >= 4 is 35.1 Å². The predicted molar refractivity (Wildman–Crippen MR) is 82.6 cm³/mol. The minimum atomic E-state index is -0.174. The molecule has 7 heteroatoms. The van der Waals surface area contributed by atoms with Crippen LogP contribution in [0.4, 0.5) is 4.79 Å². The second kappa shape index (κ2) is 6.54. The zero-order valence-electron chi connectivity index (χ0n) is 11.8. The van der Waals surface area contributed by atoms with Crippen LogP contribution in [0, 0.1) is 0 Å². The first-order valence-corrected chi connectivity index (χ1v) is 7.40. The summed E-state index contributed by atoms with van der Waals surface area (Å²) in [5, 5.41) is 6.61. The topological polar surface area (TPSA) is 61.4 Å². The van der Waals surface area contributed by atoms with Gasteiger partial charge in [-0.1, -0.05) is 29.3 Å². The number of nitrogens with zero attached hydrogens (tertiary/aromatic N) is 1. The van der Waals surface area contributed by atoms with E-state index in [4.69, 9.17) is 23.2 Å². The van der Waals surface area contributed by atoms with E-state index in [1.54, 1.807) is 17.0 Å². The number of carbonyl (C=O) groups excluding carboxylic acids is 2. The molecule has 0 aliphatic carbocycles. The zero-order valence-corrected chi connectivity index (χ0v) is 13.3. The second-order valence-electron chi connectivity index (χ2n) is 5.15. The zero-order chi connectivity index (χ0) is 15.6. The van der Waals surface area contributed by atoms with Gasteiger partial charge in [-0.2, -0.15) is 0 Å². The van der Waals surface area contributed by atoms with Crippen molar-refractivity contribution in [2.24, 2.45) is 0 Å². The van der Waals surface area contributed by atoms with Gasteiger partial charge in [0.05, 0.1) is 22.1 Å². The van der Waals surface area contributed by atoms with Gasteiger partial charge in [0.25, 0.3) is 0 Å². The number of halogens is 2. The average Bonchev–Trinajstić information content (AvgIpc) is 2.36. The lowest BCUT2D eigenvalue weighted by Gasteiger charge is -2.39. The maximum Gasteiger partial charge on any atom is 0.318 e. The Labute approximate surface area is 133 Å². The van der Waals surface area contributed by atoms with Gasteiger partial charge >= 0.3 is 6.03 Å². The molecule has 1 atom stereocenters. The molecule has 1 aromatic carbocycles. The van der Waals surface area contributed by atoms with Crippen molar-refractivity contribution in [1.29, 1.82) is 0 Å².